The van der Waals surface area contributed by atoms with Crippen molar-refractivity contribution in [3.05, 3.63) is 36.0 Å². The summed E-state index contributed by atoms with van der Waals surface area (Å²) in [4.78, 5) is 44.2. The van der Waals surface area contributed by atoms with Crippen LogP contribution in [0, 0.1) is 0 Å². The normalized spacial score (nSPS) is 11.2. The molecule has 3 aromatic heterocycles. The van der Waals surface area contributed by atoms with E-state index in [2.05, 4.69) is 14.7 Å². The number of esters is 1. The van der Waals surface area contributed by atoms with Crippen LogP contribution in [0.25, 0.3) is 32.9 Å². The predicted octanol–water partition coefficient (Wildman–Crippen LogP) is 2.43. The maximum absolute atomic E-state index is 12.2. The van der Waals surface area contributed by atoms with E-state index in [0.717, 1.165) is 10.8 Å². The fourth-order valence-corrected chi connectivity index (χ4v) is 3.01. The summed E-state index contributed by atoms with van der Waals surface area (Å²) in [6.07, 6.45) is 1.85. The fourth-order valence-electron chi connectivity index (χ4n) is 3.01. The summed E-state index contributed by atoms with van der Waals surface area (Å²) in [5.41, 5.74) is 0.542. The van der Waals surface area contributed by atoms with Gasteiger partial charge in [-0.05, 0) is 12.1 Å². The first kappa shape index (κ1) is 16.5. The lowest BCUT2D eigenvalue weighted by Crippen LogP contribution is -2.10. The van der Waals surface area contributed by atoms with Crippen LogP contribution in [0.15, 0.2) is 28.9 Å². The van der Waals surface area contributed by atoms with Crippen molar-refractivity contribution >= 4 is 50.9 Å². The SMILES string of the molecule is COC(=O)c1nc2c3ncccc3c3c(c(C(=O)O)cn3C(=O)OC)c2o1. The molecule has 4 aromatic rings. The van der Waals surface area contributed by atoms with Crippen molar-refractivity contribution in [1.82, 2.24) is 14.5 Å². The third-order valence-electron chi connectivity index (χ3n) is 4.11. The topological polar surface area (TPSA) is 134 Å². The molecule has 10 heteroatoms. The molecule has 4 rings (SSSR count). The van der Waals surface area contributed by atoms with Gasteiger partial charge in [0.15, 0.2) is 5.58 Å². The van der Waals surface area contributed by atoms with Crippen molar-refractivity contribution in [3.8, 4) is 0 Å². The Kier molecular flexibility index (Phi) is 3.55. The molecule has 0 fully saturated rings. The van der Waals surface area contributed by atoms with Gasteiger partial charge in [-0.3, -0.25) is 9.55 Å². The number of methoxy groups -OCH3 is 2. The summed E-state index contributed by atoms with van der Waals surface area (Å²) in [6, 6.07) is 3.28. The molecule has 27 heavy (non-hydrogen) atoms. The second kappa shape index (κ2) is 5.80. The molecule has 0 saturated heterocycles. The molecule has 0 amide bonds. The van der Waals surface area contributed by atoms with E-state index in [0.29, 0.717) is 10.9 Å². The molecule has 1 aromatic carbocycles. The van der Waals surface area contributed by atoms with Crippen LogP contribution in [0.3, 0.4) is 0 Å². The highest BCUT2D eigenvalue weighted by molar-refractivity contribution is 6.26. The number of oxazole rings is 1. The Labute approximate surface area is 149 Å². The maximum atomic E-state index is 12.2. The van der Waals surface area contributed by atoms with Crippen LogP contribution < -0.4 is 0 Å². The number of pyridine rings is 1. The molecule has 1 N–H and O–H groups in total. The van der Waals surface area contributed by atoms with Gasteiger partial charge in [-0.2, -0.15) is 0 Å². The van der Waals surface area contributed by atoms with Crippen LogP contribution in [0.1, 0.15) is 21.0 Å². The van der Waals surface area contributed by atoms with Gasteiger partial charge < -0.3 is 19.0 Å². The van der Waals surface area contributed by atoms with E-state index in [4.69, 9.17) is 9.15 Å². The van der Waals surface area contributed by atoms with Crippen molar-refractivity contribution in [3.63, 3.8) is 0 Å². The first-order valence-electron chi connectivity index (χ1n) is 7.60. The van der Waals surface area contributed by atoms with Crippen molar-refractivity contribution in [1.29, 1.82) is 0 Å². The van der Waals surface area contributed by atoms with Gasteiger partial charge in [0.25, 0.3) is 0 Å². The minimum Gasteiger partial charge on any atom is -0.478 e. The number of carbonyl (C=O) groups excluding carboxylic acids is 2. The summed E-state index contributed by atoms with van der Waals surface area (Å²) in [6.45, 7) is 0. The van der Waals surface area contributed by atoms with E-state index in [1.54, 1.807) is 12.1 Å². The van der Waals surface area contributed by atoms with Crippen LogP contribution in [0.2, 0.25) is 0 Å². The van der Waals surface area contributed by atoms with Crippen molar-refractivity contribution in [2.75, 3.05) is 14.2 Å². The van der Waals surface area contributed by atoms with Gasteiger partial charge in [0.05, 0.1) is 30.7 Å². The zero-order valence-electron chi connectivity index (χ0n) is 14.0. The van der Waals surface area contributed by atoms with E-state index in [1.165, 1.54) is 20.4 Å². The summed E-state index contributed by atoms with van der Waals surface area (Å²) >= 11 is 0. The number of carbonyl (C=O) groups is 3. The minimum atomic E-state index is -1.29. The van der Waals surface area contributed by atoms with E-state index in [9.17, 15) is 19.5 Å². The monoisotopic (exact) mass is 369 g/mol. The zero-order chi connectivity index (χ0) is 19.3. The van der Waals surface area contributed by atoms with E-state index >= 15 is 0 Å². The Bertz CT molecular complexity index is 1270. The standard InChI is InChI=1S/C17H11N3O7/c1-25-16(23)14-19-11-10-7(4-3-5-18-10)12-9(13(11)27-14)8(15(21)22)6-20(12)17(24)26-2/h3-6H,1-2H3,(H,21,22). The lowest BCUT2D eigenvalue weighted by molar-refractivity contribution is 0.0558. The lowest BCUT2D eigenvalue weighted by atomic mass is 10.1. The molecule has 0 bridgehead atoms. The molecule has 0 saturated carbocycles. The Hall–Kier alpha value is -3.95. The summed E-state index contributed by atoms with van der Waals surface area (Å²) < 4.78 is 15.9. The van der Waals surface area contributed by atoms with Crippen LogP contribution in [0.5, 0.6) is 0 Å². The number of fused-ring (bicyclic) bond motifs is 6. The lowest BCUT2D eigenvalue weighted by Gasteiger charge is -2.05. The summed E-state index contributed by atoms with van der Waals surface area (Å²) in [5, 5.41) is 10.2. The third kappa shape index (κ3) is 2.23. The molecule has 0 radical (unpaired) electrons. The van der Waals surface area contributed by atoms with E-state index in [1.807, 2.05) is 0 Å². The molecule has 0 spiro atoms. The van der Waals surface area contributed by atoms with E-state index < -0.39 is 18.0 Å². The predicted molar refractivity (Wildman–Crippen MR) is 90.9 cm³/mol. The number of hydrogen-bond donors (Lipinski definition) is 1. The third-order valence-corrected chi connectivity index (χ3v) is 4.11. The summed E-state index contributed by atoms with van der Waals surface area (Å²) in [7, 11) is 2.34. The maximum Gasteiger partial charge on any atom is 0.418 e. The van der Waals surface area contributed by atoms with Crippen LogP contribution >= 0.6 is 0 Å². The highest BCUT2D eigenvalue weighted by atomic mass is 16.5. The molecule has 0 atom stereocenters. The van der Waals surface area contributed by atoms with E-state index in [-0.39, 0.29) is 33.5 Å². The first-order chi connectivity index (χ1) is 13.0. The molecule has 0 aliphatic rings. The second-order valence-corrected chi connectivity index (χ2v) is 5.50. The highest BCUT2D eigenvalue weighted by Crippen LogP contribution is 2.37. The van der Waals surface area contributed by atoms with Crippen LogP contribution in [-0.4, -0.2) is 51.9 Å². The number of nitrogens with zero attached hydrogens (tertiary/aromatic N) is 3. The molecule has 10 nitrogen and oxygen atoms in total. The van der Waals surface area contributed by atoms with Crippen LogP contribution in [0.4, 0.5) is 4.79 Å². The molecule has 0 aliphatic carbocycles. The quantitative estimate of drug-likeness (QED) is 0.529. The van der Waals surface area contributed by atoms with Gasteiger partial charge in [-0.1, -0.05) is 0 Å². The Morgan fingerprint density at radius 3 is 2.63 bits per heavy atom. The van der Waals surface area contributed by atoms with Gasteiger partial charge in [0, 0.05) is 17.8 Å². The van der Waals surface area contributed by atoms with Gasteiger partial charge in [0.1, 0.15) is 11.0 Å². The summed E-state index contributed by atoms with van der Waals surface area (Å²) in [5.74, 6) is -2.47. The Balaban J connectivity index is 2.30. The largest absolute Gasteiger partial charge is 0.478 e. The smallest absolute Gasteiger partial charge is 0.418 e. The van der Waals surface area contributed by atoms with Gasteiger partial charge in [-0.15, -0.1) is 0 Å². The van der Waals surface area contributed by atoms with Gasteiger partial charge in [-0.25, -0.2) is 19.4 Å². The second-order valence-electron chi connectivity index (χ2n) is 5.50. The van der Waals surface area contributed by atoms with Gasteiger partial charge >= 0.3 is 23.9 Å². The zero-order valence-corrected chi connectivity index (χ0v) is 14.0. The molecule has 0 aliphatic heterocycles. The number of carboxylic acid groups (broad SMARTS) is 1. The molecular formula is C17H11N3O7. The Morgan fingerprint density at radius 1 is 1.19 bits per heavy atom. The fraction of sp³-hybridized carbons (Fsp3) is 0.118. The number of benzene rings is 1. The molecule has 3 heterocycles. The molecular weight excluding hydrogens is 358 g/mol. The molecule has 0 unspecified atom stereocenters. The number of aromatic carboxylic acids is 1. The van der Waals surface area contributed by atoms with Crippen molar-refractivity contribution in [2.45, 2.75) is 0 Å². The number of rotatable bonds is 2. The number of ether oxygens (including phenoxy) is 2. The average Bonchev–Trinajstić information content (AvgIpc) is 3.29. The molecule has 136 valence electrons. The Morgan fingerprint density at radius 2 is 1.96 bits per heavy atom. The first-order valence-corrected chi connectivity index (χ1v) is 7.60. The van der Waals surface area contributed by atoms with Crippen LogP contribution in [-0.2, 0) is 9.47 Å². The number of hydrogen-bond acceptors (Lipinski definition) is 8. The van der Waals surface area contributed by atoms with Crippen molar-refractivity contribution < 1.29 is 33.4 Å². The number of carboxylic acids is 1. The minimum absolute atomic E-state index is 0.0108. The van der Waals surface area contributed by atoms with Crippen molar-refractivity contribution in [2.24, 2.45) is 0 Å². The number of aromatic nitrogens is 3. The highest BCUT2D eigenvalue weighted by Gasteiger charge is 2.28. The van der Waals surface area contributed by atoms with Gasteiger partial charge in [0.2, 0.25) is 0 Å². The average molecular weight is 369 g/mol.